The van der Waals surface area contributed by atoms with Crippen LogP contribution in [0.1, 0.15) is 5.56 Å². The second-order valence-electron chi connectivity index (χ2n) is 2.48. The monoisotopic (exact) mass is 195 g/mol. The van der Waals surface area contributed by atoms with Crippen molar-refractivity contribution in [1.29, 1.82) is 5.26 Å². The molecule has 0 aliphatic heterocycles. The second kappa shape index (κ2) is 2.79. The van der Waals surface area contributed by atoms with Crippen LogP contribution in [0, 0.1) is 22.3 Å². The van der Waals surface area contributed by atoms with E-state index in [9.17, 15) is 8.78 Å². The van der Waals surface area contributed by atoms with Crippen LogP contribution in [-0.4, -0.2) is 0 Å². The molecule has 1 nitrogen and oxygen atoms in total. The van der Waals surface area contributed by atoms with E-state index in [0.717, 1.165) is 0 Å². The SMILES string of the molecule is N#Cc1cccc2c(F)c(F)sc12. The maximum Gasteiger partial charge on any atom is 0.213 e. The minimum Gasteiger partial charge on any atom is -0.202 e. The Morgan fingerprint density at radius 3 is 2.77 bits per heavy atom. The van der Waals surface area contributed by atoms with E-state index in [0.29, 0.717) is 21.6 Å². The van der Waals surface area contributed by atoms with Gasteiger partial charge in [-0.25, -0.2) is 4.39 Å². The molecule has 0 N–H and O–H groups in total. The molecule has 0 spiro atoms. The highest BCUT2D eigenvalue weighted by Crippen LogP contribution is 2.30. The highest BCUT2D eigenvalue weighted by Gasteiger charge is 2.13. The molecule has 0 saturated heterocycles. The lowest BCUT2D eigenvalue weighted by Gasteiger charge is -1.89. The van der Waals surface area contributed by atoms with Crippen LogP contribution in [0.2, 0.25) is 0 Å². The van der Waals surface area contributed by atoms with Crippen molar-refractivity contribution in [2.75, 3.05) is 0 Å². The molecule has 1 heterocycles. The van der Waals surface area contributed by atoms with Crippen molar-refractivity contribution in [2.45, 2.75) is 0 Å². The summed E-state index contributed by atoms with van der Waals surface area (Å²) in [6, 6.07) is 6.43. The van der Waals surface area contributed by atoms with Crippen molar-refractivity contribution < 1.29 is 8.78 Å². The van der Waals surface area contributed by atoms with Crippen LogP contribution in [0.25, 0.3) is 10.1 Å². The third-order valence-electron chi connectivity index (χ3n) is 1.74. The number of hydrogen-bond acceptors (Lipinski definition) is 2. The third-order valence-corrected chi connectivity index (χ3v) is 2.74. The van der Waals surface area contributed by atoms with Crippen LogP contribution in [-0.2, 0) is 0 Å². The van der Waals surface area contributed by atoms with Crippen LogP contribution < -0.4 is 0 Å². The summed E-state index contributed by atoms with van der Waals surface area (Å²) in [7, 11) is 0. The molecule has 13 heavy (non-hydrogen) atoms. The van der Waals surface area contributed by atoms with Gasteiger partial charge in [-0.1, -0.05) is 12.1 Å². The van der Waals surface area contributed by atoms with Gasteiger partial charge < -0.3 is 0 Å². The summed E-state index contributed by atoms with van der Waals surface area (Å²) in [4.78, 5) is 0. The number of fused-ring (bicyclic) bond motifs is 1. The summed E-state index contributed by atoms with van der Waals surface area (Å²) < 4.78 is 26.2. The number of halogens is 2. The standard InChI is InChI=1S/C9H3F2NS/c10-7-6-3-1-2-5(4-12)8(6)13-9(7)11/h1-3H. The van der Waals surface area contributed by atoms with Gasteiger partial charge in [-0.05, 0) is 6.07 Å². The molecule has 0 aliphatic carbocycles. The minimum atomic E-state index is -0.864. The smallest absolute Gasteiger partial charge is 0.202 e. The zero-order valence-electron chi connectivity index (χ0n) is 6.34. The van der Waals surface area contributed by atoms with E-state index < -0.39 is 10.9 Å². The molecule has 0 radical (unpaired) electrons. The Morgan fingerprint density at radius 1 is 1.31 bits per heavy atom. The van der Waals surface area contributed by atoms with Gasteiger partial charge in [0.25, 0.3) is 0 Å². The molecule has 4 heteroatoms. The number of benzene rings is 1. The fourth-order valence-corrected chi connectivity index (χ4v) is 2.02. The van der Waals surface area contributed by atoms with Crippen molar-refractivity contribution in [3.8, 4) is 6.07 Å². The molecule has 1 aromatic carbocycles. The Balaban J connectivity index is 2.95. The lowest BCUT2D eigenvalue weighted by molar-refractivity contribution is 0.538. The molecule has 0 unspecified atom stereocenters. The molecular formula is C9H3F2NS. The summed E-state index contributed by atoms with van der Waals surface area (Å²) in [5.74, 6) is -0.864. The molecule has 1 aromatic heterocycles. The molecule has 64 valence electrons. The number of thiophene rings is 1. The molecule has 0 amide bonds. The van der Waals surface area contributed by atoms with Crippen LogP contribution in [0.15, 0.2) is 18.2 Å². The van der Waals surface area contributed by atoms with Gasteiger partial charge in [0.15, 0.2) is 5.82 Å². The summed E-state index contributed by atoms with van der Waals surface area (Å²) in [6.07, 6.45) is 0. The Bertz CT molecular complexity index is 510. The molecule has 0 bridgehead atoms. The highest BCUT2D eigenvalue weighted by atomic mass is 32.1. The minimum absolute atomic E-state index is 0.182. The maximum absolute atomic E-state index is 13.0. The molecule has 0 fully saturated rings. The zero-order chi connectivity index (χ0) is 9.42. The third kappa shape index (κ3) is 1.09. The van der Waals surface area contributed by atoms with Gasteiger partial charge in [0.05, 0.1) is 10.3 Å². The summed E-state index contributed by atoms with van der Waals surface area (Å²) in [6.45, 7) is 0. The normalized spacial score (nSPS) is 10.2. The first kappa shape index (κ1) is 8.14. The van der Waals surface area contributed by atoms with Crippen molar-refractivity contribution in [2.24, 2.45) is 0 Å². The molecule has 0 aliphatic rings. The van der Waals surface area contributed by atoms with Gasteiger partial charge in [0, 0.05) is 5.39 Å². The average Bonchev–Trinajstić information content (AvgIpc) is 2.43. The molecule has 2 aromatic rings. The van der Waals surface area contributed by atoms with Gasteiger partial charge in [0.1, 0.15) is 6.07 Å². The zero-order valence-corrected chi connectivity index (χ0v) is 7.16. The van der Waals surface area contributed by atoms with Gasteiger partial charge in [-0.2, -0.15) is 9.65 Å². The first-order chi connectivity index (χ1) is 6.24. The predicted molar refractivity (Wildman–Crippen MR) is 46.5 cm³/mol. The van der Waals surface area contributed by atoms with Crippen LogP contribution in [0.5, 0.6) is 0 Å². The van der Waals surface area contributed by atoms with E-state index in [1.807, 2.05) is 6.07 Å². The van der Waals surface area contributed by atoms with Crippen molar-refractivity contribution in [1.82, 2.24) is 0 Å². The number of nitriles is 1. The average molecular weight is 195 g/mol. The highest BCUT2D eigenvalue weighted by molar-refractivity contribution is 7.17. The van der Waals surface area contributed by atoms with Gasteiger partial charge in [-0.15, -0.1) is 11.3 Å². The molecule has 0 atom stereocenters. The van der Waals surface area contributed by atoms with Crippen molar-refractivity contribution in [3.63, 3.8) is 0 Å². The number of rotatable bonds is 0. The van der Waals surface area contributed by atoms with Gasteiger partial charge in [-0.3, -0.25) is 0 Å². The Labute approximate surface area is 76.8 Å². The van der Waals surface area contributed by atoms with Crippen LogP contribution in [0.3, 0.4) is 0 Å². The molecule has 0 saturated carbocycles. The predicted octanol–water partition coefficient (Wildman–Crippen LogP) is 3.05. The van der Waals surface area contributed by atoms with E-state index in [1.54, 1.807) is 0 Å². The fraction of sp³-hybridized carbons (Fsp3) is 0. The van der Waals surface area contributed by atoms with Gasteiger partial charge >= 0.3 is 0 Å². The molecule has 2 rings (SSSR count). The van der Waals surface area contributed by atoms with Crippen LogP contribution in [0.4, 0.5) is 8.78 Å². The summed E-state index contributed by atoms with van der Waals surface area (Å²) >= 11 is 0.666. The lowest BCUT2D eigenvalue weighted by Crippen LogP contribution is -1.75. The van der Waals surface area contributed by atoms with E-state index in [2.05, 4.69) is 0 Å². The fourth-order valence-electron chi connectivity index (χ4n) is 1.15. The van der Waals surface area contributed by atoms with Crippen LogP contribution >= 0.6 is 11.3 Å². The summed E-state index contributed by atoms with van der Waals surface area (Å²) in [5, 5.41) is 7.97. The number of nitrogens with zero attached hydrogens (tertiary/aromatic N) is 1. The second-order valence-corrected chi connectivity index (χ2v) is 3.45. The largest absolute Gasteiger partial charge is 0.213 e. The quantitative estimate of drug-likeness (QED) is 0.633. The first-order valence-corrected chi connectivity index (χ1v) is 4.32. The van der Waals surface area contributed by atoms with E-state index in [4.69, 9.17) is 5.26 Å². The van der Waals surface area contributed by atoms with Crippen molar-refractivity contribution in [3.05, 3.63) is 34.7 Å². The van der Waals surface area contributed by atoms with E-state index >= 15 is 0 Å². The first-order valence-electron chi connectivity index (χ1n) is 3.50. The lowest BCUT2D eigenvalue weighted by atomic mass is 10.2. The van der Waals surface area contributed by atoms with E-state index in [-0.39, 0.29) is 5.39 Å². The topological polar surface area (TPSA) is 23.8 Å². The Morgan fingerprint density at radius 2 is 2.08 bits per heavy atom. The number of hydrogen-bond donors (Lipinski definition) is 0. The van der Waals surface area contributed by atoms with E-state index in [1.165, 1.54) is 18.2 Å². The van der Waals surface area contributed by atoms with Crippen molar-refractivity contribution >= 4 is 21.4 Å². The molecular weight excluding hydrogens is 192 g/mol. The van der Waals surface area contributed by atoms with Gasteiger partial charge in [0.2, 0.25) is 5.13 Å². The maximum atomic E-state index is 13.0. The summed E-state index contributed by atoms with van der Waals surface area (Å²) in [5.41, 5.74) is 0.310. The Kier molecular flexibility index (Phi) is 1.74. The Hall–Kier alpha value is -1.47.